The first kappa shape index (κ1) is 27.5. The molecule has 0 saturated heterocycles. The van der Waals surface area contributed by atoms with Gasteiger partial charge in [-0.25, -0.2) is 17.2 Å². The summed E-state index contributed by atoms with van der Waals surface area (Å²) in [7, 11) is -3.95. The van der Waals surface area contributed by atoms with Gasteiger partial charge in [-0.1, -0.05) is 30.3 Å². The van der Waals surface area contributed by atoms with E-state index in [0.29, 0.717) is 12.1 Å². The van der Waals surface area contributed by atoms with Crippen LogP contribution >= 0.6 is 22.6 Å². The van der Waals surface area contributed by atoms with Gasteiger partial charge < -0.3 is 20.1 Å². The van der Waals surface area contributed by atoms with Gasteiger partial charge in [0, 0.05) is 28.9 Å². The van der Waals surface area contributed by atoms with Gasteiger partial charge in [-0.2, -0.15) is 4.72 Å². The van der Waals surface area contributed by atoms with Crippen molar-refractivity contribution in [3.05, 3.63) is 112 Å². The standard InChI is InChI=1S/C26H26F2IN3O4S/c27-20-11-19(12-21(28)15-20)14-24(25(33)17-30-16-18-5-4-6-22(29)13-18)32-9-10-36-26(32)31-37(34,35)23-7-2-1-3-8-23/h1-13,15,24-26,30-31,33H,14,16-17H2/t24-,25+,26?/m0/s1. The molecule has 0 fully saturated rings. The van der Waals surface area contributed by atoms with Crippen molar-refractivity contribution in [2.24, 2.45) is 0 Å². The average Bonchev–Trinajstić information content (AvgIpc) is 3.29. The molecule has 0 bridgehead atoms. The number of ether oxygens (including phenoxy) is 1. The summed E-state index contributed by atoms with van der Waals surface area (Å²) in [4.78, 5) is 1.55. The summed E-state index contributed by atoms with van der Waals surface area (Å²) >= 11 is 2.22. The number of nitrogens with one attached hydrogen (secondary N) is 2. The molecule has 1 heterocycles. The molecule has 3 aromatic rings. The summed E-state index contributed by atoms with van der Waals surface area (Å²) < 4.78 is 62.7. The Hall–Kier alpha value is -2.58. The van der Waals surface area contributed by atoms with E-state index >= 15 is 0 Å². The van der Waals surface area contributed by atoms with E-state index < -0.39 is 40.2 Å². The number of aliphatic hydroxyl groups excluding tert-OH is 1. The van der Waals surface area contributed by atoms with Crippen LogP contribution in [0.5, 0.6) is 0 Å². The second-order valence-corrected chi connectivity index (χ2v) is 11.5. The van der Waals surface area contributed by atoms with Gasteiger partial charge in [0.15, 0.2) is 0 Å². The minimum absolute atomic E-state index is 0.0258. The van der Waals surface area contributed by atoms with Gasteiger partial charge >= 0.3 is 0 Å². The first-order chi connectivity index (χ1) is 17.7. The van der Waals surface area contributed by atoms with E-state index in [9.17, 15) is 22.3 Å². The van der Waals surface area contributed by atoms with Gasteiger partial charge in [-0.05, 0) is 76.5 Å². The Morgan fingerprint density at radius 1 is 1.00 bits per heavy atom. The molecule has 3 N–H and O–H groups in total. The van der Waals surface area contributed by atoms with Crippen molar-refractivity contribution in [1.29, 1.82) is 0 Å². The predicted octanol–water partition coefficient (Wildman–Crippen LogP) is 3.70. The predicted molar refractivity (Wildman–Crippen MR) is 143 cm³/mol. The Balaban J connectivity index is 1.53. The highest BCUT2D eigenvalue weighted by Gasteiger charge is 2.35. The van der Waals surface area contributed by atoms with Crippen LogP contribution in [0.25, 0.3) is 0 Å². The van der Waals surface area contributed by atoms with Crippen molar-refractivity contribution in [2.75, 3.05) is 6.54 Å². The van der Waals surface area contributed by atoms with Gasteiger partial charge in [-0.3, -0.25) is 0 Å². The molecule has 1 aliphatic rings. The number of nitrogens with zero attached hydrogens (tertiary/aromatic N) is 1. The fraction of sp³-hybridized carbons (Fsp3) is 0.231. The maximum atomic E-state index is 13.9. The Morgan fingerprint density at radius 2 is 1.73 bits per heavy atom. The minimum Gasteiger partial charge on any atom is -0.462 e. The second kappa shape index (κ2) is 12.3. The number of hydrogen-bond donors (Lipinski definition) is 3. The molecule has 4 rings (SSSR count). The van der Waals surface area contributed by atoms with Crippen LogP contribution in [-0.4, -0.2) is 43.5 Å². The van der Waals surface area contributed by atoms with E-state index in [1.807, 2.05) is 24.3 Å². The zero-order chi connectivity index (χ0) is 26.4. The fourth-order valence-corrected chi connectivity index (χ4v) is 5.76. The molecule has 1 unspecified atom stereocenters. The lowest BCUT2D eigenvalue weighted by molar-refractivity contribution is -0.0190. The van der Waals surface area contributed by atoms with Crippen LogP contribution in [0.4, 0.5) is 8.78 Å². The average molecular weight is 641 g/mol. The molecule has 1 aliphatic heterocycles. The quantitative estimate of drug-likeness (QED) is 0.277. The normalized spacial score (nSPS) is 17.0. The minimum atomic E-state index is -3.95. The van der Waals surface area contributed by atoms with Crippen LogP contribution in [0.3, 0.4) is 0 Å². The van der Waals surface area contributed by atoms with E-state index in [0.717, 1.165) is 15.2 Å². The van der Waals surface area contributed by atoms with E-state index in [-0.39, 0.29) is 17.9 Å². The highest BCUT2D eigenvalue weighted by molar-refractivity contribution is 14.1. The molecule has 37 heavy (non-hydrogen) atoms. The summed E-state index contributed by atoms with van der Waals surface area (Å²) in [6.45, 7) is 0.627. The van der Waals surface area contributed by atoms with E-state index in [4.69, 9.17) is 4.74 Å². The summed E-state index contributed by atoms with van der Waals surface area (Å²) in [5.41, 5.74) is 1.34. The Kier molecular flexibility index (Phi) is 9.13. The molecule has 0 spiro atoms. The highest BCUT2D eigenvalue weighted by atomic mass is 127. The maximum absolute atomic E-state index is 13.9. The molecule has 0 saturated carbocycles. The molecule has 0 aliphatic carbocycles. The fourth-order valence-electron chi connectivity index (χ4n) is 4.06. The van der Waals surface area contributed by atoms with E-state index in [2.05, 4.69) is 32.6 Å². The SMILES string of the molecule is O=S(=O)(NC1OC=CN1[C@@H](Cc1cc(F)cc(F)c1)[C@H](O)CNCc1cccc(I)c1)c1ccccc1. The topological polar surface area (TPSA) is 90.9 Å². The largest absolute Gasteiger partial charge is 0.462 e. The van der Waals surface area contributed by atoms with Crippen molar-refractivity contribution < 1.29 is 27.0 Å². The molecular formula is C26H26F2IN3O4S. The van der Waals surface area contributed by atoms with Crippen LogP contribution in [0.2, 0.25) is 0 Å². The Morgan fingerprint density at radius 3 is 2.43 bits per heavy atom. The van der Waals surface area contributed by atoms with Crippen molar-refractivity contribution in [1.82, 2.24) is 14.9 Å². The smallest absolute Gasteiger partial charge is 0.245 e. The first-order valence-corrected chi connectivity index (χ1v) is 14.0. The van der Waals surface area contributed by atoms with E-state index in [1.54, 1.807) is 18.2 Å². The summed E-state index contributed by atoms with van der Waals surface area (Å²) in [5, 5.41) is 14.4. The zero-order valence-corrected chi connectivity index (χ0v) is 22.6. The molecule has 0 amide bonds. The molecule has 7 nitrogen and oxygen atoms in total. The van der Waals surface area contributed by atoms with Gasteiger partial charge in [0.2, 0.25) is 16.4 Å². The van der Waals surface area contributed by atoms with Crippen LogP contribution in [0.1, 0.15) is 11.1 Å². The monoisotopic (exact) mass is 641 g/mol. The van der Waals surface area contributed by atoms with Gasteiger partial charge in [-0.15, -0.1) is 0 Å². The third-order valence-corrected chi connectivity index (χ3v) is 7.86. The number of sulfonamides is 1. The number of aliphatic hydroxyl groups is 1. The molecular weight excluding hydrogens is 615 g/mol. The maximum Gasteiger partial charge on any atom is 0.245 e. The molecule has 11 heteroatoms. The molecule has 3 atom stereocenters. The van der Waals surface area contributed by atoms with Gasteiger partial charge in [0.25, 0.3) is 0 Å². The van der Waals surface area contributed by atoms with Crippen LogP contribution < -0.4 is 10.0 Å². The highest BCUT2D eigenvalue weighted by Crippen LogP contribution is 2.23. The Bertz CT molecular complexity index is 1320. The van der Waals surface area contributed by atoms with Crippen molar-refractivity contribution >= 4 is 32.6 Å². The number of rotatable bonds is 11. The molecule has 0 aromatic heterocycles. The first-order valence-electron chi connectivity index (χ1n) is 11.5. The summed E-state index contributed by atoms with van der Waals surface area (Å²) in [6.07, 6.45) is 0.617. The van der Waals surface area contributed by atoms with Crippen LogP contribution in [0, 0.1) is 15.2 Å². The molecule has 196 valence electrons. The number of hydrogen-bond acceptors (Lipinski definition) is 6. The molecule has 0 radical (unpaired) electrons. The number of benzene rings is 3. The summed E-state index contributed by atoms with van der Waals surface area (Å²) in [6, 6.07) is 18.0. The third-order valence-electron chi connectivity index (χ3n) is 5.79. The van der Waals surface area contributed by atoms with Crippen LogP contribution in [0.15, 0.2) is 90.2 Å². The lowest BCUT2D eigenvalue weighted by Gasteiger charge is -2.35. The molecule has 3 aromatic carbocycles. The van der Waals surface area contributed by atoms with Gasteiger partial charge in [0.1, 0.15) is 17.9 Å². The van der Waals surface area contributed by atoms with Crippen molar-refractivity contribution in [3.63, 3.8) is 0 Å². The second-order valence-electron chi connectivity index (χ2n) is 8.53. The zero-order valence-electron chi connectivity index (χ0n) is 19.6. The van der Waals surface area contributed by atoms with Crippen molar-refractivity contribution in [2.45, 2.75) is 36.4 Å². The third kappa shape index (κ3) is 7.48. The summed E-state index contributed by atoms with van der Waals surface area (Å²) in [5.74, 6) is -1.48. The van der Waals surface area contributed by atoms with Gasteiger partial charge in [0.05, 0.1) is 17.0 Å². The van der Waals surface area contributed by atoms with Crippen LogP contribution in [-0.2, 0) is 27.7 Å². The Labute approximate surface area is 228 Å². The van der Waals surface area contributed by atoms with Crippen molar-refractivity contribution in [3.8, 4) is 0 Å². The lowest BCUT2D eigenvalue weighted by atomic mass is 9.99. The number of halogens is 3. The van der Waals surface area contributed by atoms with E-state index in [1.165, 1.54) is 41.6 Å². The lowest BCUT2D eigenvalue weighted by Crippen LogP contribution is -2.54.